The lowest BCUT2D eigenvalue weighted by molar-refractivity contribution is 0.0761. The van der Waals surface area contributed by atoms with E-state index in [9.17, 15) is 9.18 Å². The van der Waals surface area contributed by atoms with Crippen LogP contribution in [0.3, 0.4) is 0 Å². The first-order valence-corrected chi connectivity index (χ1v) is 10.1. The molecular weight excluding hydrogens is 381 g/mol. The quantitative estimate of drug-likeness (QED) is 0.652. The predicted molar refractivity (Wildman–Crippen MR) is 115 cm³/mol. The number of amides is 1. The summed E-state index contributed by atoms with van der Waals surface area (Å²) in [7, 11) is 0. The van der Waals surface area contributed by atoms with Crippen LogP contribution in [0.5, 0.6) is 0 Å². The summed E-state index contributed by atoms with van der Waals surface area (Å²) in [5.74, 6) is -0.346. The third-order valence-corrected chi connectivity index (χ3v) is 5.13. The number of benzene rings is 2. The Kier molecular flexibility index (Phi) is 6.17. The highest BCUT2D eigenvalue weighted by Crippen LogP contribution is 2.17. The Morgan fingerprint density at radius 3 is 2.60 bits per heavy atom. The lowest BCUT2D eigenvalue weighted by atomic mass is 10.2. The molecule has 1 aliphatic heterocycles. The summed E-state index contributed by atoms with van der Waals surface area (Å²) in [5.41, 5.74) is 2.45. The highest BCUT2D eigenvalue weighted by Gasteiger charge is 2.22. The first-order valence-electron chi connectivity index (χ1n) is 10.1. The average molecular weight is 405 g/mol. The Balaban J connectivity index is 1.34. The number of aromatic nitrogens is 3. The van der Waals surface area contributed by atoms with Crippen LogP contribution in [-0.4, -0.2) is 52.0 Å². The van der Waals surface area contributed by atoms with E-state index in [1.54, 1.807) is 23.0 Å². The second-order valence-corrected chi connectivity index (χ2v) is 7.25. The lowest BCUT2D eigenvalue weighted by Crippen LogP contribution is -2.35. The van der Waals surface area contributed by atoms with Gasteiger partial charge in [0.2, 0.25) is 0 Å². The van der Waals surface area contributed by atoms with Crippen LogP contribution in [0.1, 0.15) is 22.5 Å². The third-order valence-electron chi connectivity index (χ3n) is 5.13. The molecular formula is C23H24FN5O. The first kappa shape index (κ1) is 19.8. The Hall–Kier alpha value is -3.48. The molecule has 0 N–H and O–H groups in total. The van der Waals surface area contributed by atoms with Gasteiger partial charge >= 0.3 is 0 Å². The van der Waals surface area contributed by atoms with Crippen molar-refractivity contribution in [2.45, 2.75) is 13.0 Å². The van der Waals surface area contributed by atoms with Gasteiger partial charge in [0.05, 0.1) is 12.7 Å². The van der Waals surface area contributed by atoms with E-state index in [1.807, 2.05) is 47.4 Å². The number of allylic oxidation sites excluding steroid dienone is 1. The van der Waals surface area contributed by atoms with Crippen LogP contribution < -0.4 is 4.90 Å². The molecule has 1 saturated heterocycles. The molecule has 0 aliphatic carbocycles. The molecule has 1 amide bonds. The van der Waals surface area contributed by atoms with Crippen molar-refractivity contribution in [1.29, 1.82) is 0 Å². The summed E-state index contributed by atoms with van der Waals surface area (Å²) in [6, 6.07) is 16.5. The Bertz CT molecular complexity index is 1000. The highest BCUT2D eigenvalue weighted by molar-refractivity contribution is 5.92. The van der Waals surface area contributed by atoms with Crippen LogP contribution in [0.15, 0.2) is 66.9 Å². The van der Waals surface area contributed by atoms with Gasteiger partial charge in [0.1, 0.15) is 5.82 Å². The number of rotatable bonds is 5. The van der Waals surface area contributed by atoms with Crippen molar-refractivity contribution in [3.63, 3.8) is 0 Å². The van der Waals surface area contributed by atoms with Gasteiger partial charge in [-0.05, 0) is 36.2 Å². The van der Waals surface area contributed by atoms with Gasteiger partial charge in [-0.2, -0.15) is 0 Å². The molecule has 1 fully saturated rings. The van der Waals surface area contributed by atoms with Crippen molar-refractivity contribution < 1.29 is 9.18 Å². The van der Waals surface area contributed by atoms with Gasteiger partial charge < -0.3 is 9.80 Å². The molecule has 30 heavy (non-hydrogen) atoms. The summed E-state index contributed by atoms with van der Waals surface area (Å²) in [4.78, 5) is 16.9. The van der Waals surface area contributed by atoms with E-state index in [4.69, 9.17) is 0 Å². The van der Waals surface area contributed by atoms with Crippen molar-refractivity contribution in [2.24, 2.45) is 0 Å². The number of hydrogen-bond donors (Lipinski definition) is 0. The van der Waals surface area contributed by atoms with Crippen LogP contribution in [0.2, 0.25) is 0 Å². The smallest absolute Gasteiger partial charge is 0.276 e. The first-order chi connectivity index (χ1) is 14.7. The number of carbonyl (C=O) groups is 1. The van der Waals surface area contributed by atoms with E-state index in [-0.39, 0.29) is 11.7 Å². The van der Waals surface area contributed by atoms with Gasteiger partial charge in [-0.25, -0.2) is 9.07 Å². The van der Waals surface area contributed by atoms with E-state index in [0.29, 0.717) is 31.9 Å². The van der Waals surface area contributed by atoms with E-state index in [1.165, 1.54) is 12.1 Å². The minimum absolute atomic E-state index is 0.103. The maximum atomic E-state index is 13.2. The van der Waals surface area contributed by atoms with Crippen LogP contribution in [-0.2, 0) is 6.54 Å². The molecule has 0 atom stereocenters. The lowest BCUT2D eigenvalue weighted by Gasteiger charge is -2.23. The molecule has 6 nitrogen and oxygen atoms in total. The average Bonchev–Trinajstić information content (AvgIpc) is 3.10. The normalized spacial score (nSPS) is 14.8. The van der Waals surface area contributed by atoms with Crippen molar-refractivity contribution in [2.75, 3.05) is 31.1 Å². The highest BCUT2D eigenvalue weighted by atomic mass is 19.1. The molecule has 1 aliphatic rings. The number of nitrogens with zero attached hydrogens (tertiary/aromatic N) is 5. The minimum atomic E-state index is -0.243. The molecule has 3 aromatic rings. The molecule has 1 aromatic heterocycles. The topological polar surface area (TPSA) is 54.3 Å². The van der Waals surface area contributed by atoms with Gasteiger partial charge in [-0.3, -0.25) is 4.79 Å². The molecule has 0 radical (unpaired) electrons. The molecule has 154 valence electrons. The maximum Gasteiger partial charge on any atom is 0.276 e. The molecule has 7 heteroatoms. The van der Waals surface area contributed by atoms with Gasteiger partial charge in [0.25, 0.3) is 5.91 Å². The monoisotopic (exact) mass is 405 g/mol. The molecule has 0 saturated carbocycles. The molecule has 2 aromatic carbocycles. The van der Waals surface area contributed by atoms with Gasteiger partial charge in [0, 0.05) is 31.9 Å². The summed E-state index contributed by atoms with van der Waals surface area (Å²) >= 11 is 0. The Morgan fingerprint density at radius 2 is 1.80 bits per heavy atom. The van der Waals surface area contributed by atoms with Crippen molar-refractivity contribution >= 4 is 17.7 Å². The summed E-state index contributed by atoms with van der Waals surface area (Å²) in [5, 5.41) is 8.15. The van der Waals surface area contributed by atoms with Gasteiger partial charge in [-0.15, -0.1) is 5.10 Å². The van der Waals surface area contributed by atoms with Crippen LogP contribution >= 0.6 is 0 Å². The number of halogens is 1. The van der Waals surface area contributed by atoms with Crippen molar-refractivity contribution in [3.8, 4) is 0 Å². The van der Waals surface area contributed by atoms with Crippen molar-refractivity contribution in [3.05, 3.63) is 83.9 Å². The molecule has 4 rings (SSSR count). The fourth-order valence-electron chi connectivity index (χ4n) is 3.54. The number of anilines is 1. The molecule has 2 heterocycles. The minimum Gasteiger partial charge on any atom is -0.370 e. The SMILES string of the molecule is O=C(c1cn(C/C=C/c2ccccc2)nn1)N1CCCN(c2ccc(F)cc2)CC1. The zero-order valence-corrected chi connectivity index (χ0v) is 16.7. The fourth-order valence-corrected chi connectivity index (χ4v) is 3.54. The number of hydrogen-bond acceptors (Lipinski definition) is 4. The standard InChI is InChI=1S/C23H24FN5O/c24-20-9-11-21(12-10-20)27-13-5-14-28(17-16-27)23(30)22-18-29(26-25-22)15-4-8-19-6-2-1-3-7-19/h1-4,6-12,18H,5,13-17H2/b8-4+. The Morgan fingerprint density at radius 1 is 1.00 bits per heavy atom. The van der Waals surface area contributed by atoms with E-state index < -0.39 is 0 Å². The number of carbonyl (C=O) groups excluding carboxylic acids is 1. The van der Waals surface area contributed by atoms with Crippen LogP contribution in [0, 0.1) is 5.82 Å². The fraction of sp³-hybridized carbons (Fsp3) is 0.261. The van der Waals surface area contributed by atoms with Gasteiger partial charge in [-0.1, -0.05) is 47.7 Å². The van der Waals surface area contributed by atoms with Gasteiger partial charge in [0.15, 0.2) is 5.69 Å². The summed E-state index contributed by atoms with van der Waals surface area (Å²) < 4.78 is 14.8. The second-order valence-electron chi connectivity index (χ2n) is 7.25. The van der Waals surface area contributed by atoms with Crippen LogP contribution in [0.25, 0.3) is 6.08 Å². The maximum absolute atomic E-state index is 13.2. The van der Waals surface area contributed by atoms with E-state index in [2.05, 4.69) is 15.2 Å². The zero-order valence-electron chi connectivity index (χ0n) is 16.7. The zero-order chi connectivity index (χ0) is 20.8. The summed E-state index contributed by atoms with van der Waals surface area (Å²) in [6.45, 7) is 3.33. The van der Waals surface area contributed by atoms with E-state index >= 15 is 0 Å². The molecule has 0 unspecified atom stereocenters. The molecule has 0 bridgehead atoms. The van der Waals surface area contributed by atoms with Crippen molar-refractivity contribution in [1.82, 2.24) is 19.9 Å². The molecule has 0 spiro atoms. The predicted octanol–water partition coefficient (Wildman–Crippen LogP) is 3.48. The second kappa shape index (κ2) is 9.35. The summed E-state index contributed by atoms with van der Waals surface area (Å²) in [6.07, 6.45) is 6.55. The largest absolute Gasteiger partial charge is 0.370 e. The third kappa shape index (κ3) is 4.92. The van der Waals surface area contributed by atoms with E-state index in [0.717, 1.165) is 24.2 Å². The Labute approximate surface area is 175 Å². The van der Waals surface area contributed by atoms with Crippen LogP contribution in [0.4, 0.5) is 10.1 Å².